The average molecular weight is 759 g/mol. The highest BCUT2D eigenvalue weighted by Gasteiger charge is 2.39. The Balaban J connectivity index is 0.739. The zero-order chi connectivity index (χ0) is 38.4. The van der Waals surface area contributed by atoms with E-state index in [0.717, 1.165) is 91.1 Å². The molecular weight excluding hydrogens is 713 g/mol. The molecule has 14 heteroatoms. The van der Waals surface area contributed by atoms with Crippen molar-refractivity contribution in [2.45, 2.75) is 63.6 Å². The number of hydrogen-bond acceptors (Lipinski definition) is 11. The van der Waals surface area contributed by atoms with Crippen LogP contribution in [0, 0.1) is 0 Å². The molecule has 0 aliphatic carbocycles. The van der Waals surface area contributed by atoms with Crippen LogP contribution in [0.1, 0.15) is 66.9 Å². The molecule has 0 saturated carbocycles. The van der Waals surface area contributed by atoms with Crippen molar-refractivity contribution in [1.82, 2.24) is 34.9 Å². The van der Waals surface area contributed by atoms with Crippen molar-refractivity contribution < 1.29 is 28.6 Å². The molecule has 1 atom stereocenters. The lowest BCUT2D eigenvalue weighted by Gasteiger charge is -2.32. The SMILES string of the molecule is Nc1ncnc2c1c(-c1ccc(Oc3ccccc3)cc1)nn2C1CCN(CCCCCOCCOc2ccc3c(c2)CN(C2CCC(=O)NC2=O)C3=O)CC1. The summed E-state index contributed by atoms with van der Waals surface area (Å²) in [5.74, 6) is 1.71. The van der Waals surface area contributed by atoms with Crippen molar-refractivity contribution >= 4 is 34.6 Å². The van der Waals surface area contributed by atoms with Gasteiger partial charge in [-0.3, -0.25) is 19.7 Å². The molecule has 8 rings (SSSR count). The van der Waals surface area contributed by atoms with Crippen LogP contribution < -0.4 is 20.5 Å². The largest absolute Gasteiger partial charge is 0.491 e. The number of ether oxygens (including phenoxy) is 3. The van der Waals surface area contributed by atoms with Gasteiger partial charge in [0.15, 0.2) is 5.65 Å². The van der Waals surface area contributed by atoms with Crippen LogP contribution in [0.5, 0.6) is 17.2 Å². The number of amides is 3. The number of anilines is 1. The number of nitrogens with two attached hydrogens (primary N) is 1. The molecule has 3 aliphatic heterocycles. The van der Waals surface area contributed by atoms with Crippen LogP contribution in [-0.4, -0.2) is 92.8 Å². The minimum atomic E-state index is -0.630. The molecule has 3 aliphatic rings. The van der Waals surface area contributed by atoms with Gasteiger partial charge in [0.25, 0.3) is 5.91 Å². The maximum absolute atomic E-state index is 12.9. The lowest BCUT2D eigenvalue weighted by atomic mass is 10.0. The van der Waals surface area contributed by atoms with Crippen molar-refractivity contribution in [2.75, 3.05) is 45.2 Å². The molecule has 1 unspecified atom stereocenters. The summed E-state index contributed by atoms with van der Waals surface area (Å²) >= 11 is 0. The number of unbranched alkanes of at least 4 members (excludes halogenated alkanes) is 2. The Morgan fingerprint density at radius 2 is 1.61 bits per heavy atom. The highest BCUT2D eigenvalue weighted by molar-refractivity contribution is 6.05. The highest BCUT2D eigenvalue weighted by Crippen LogP contribution is 2.35. The number of carbonyl (C=O) groups is 3. The Morgan fingerprint density at radius 3 is 2.41 bits per heavy atom. The summed E-state index contributed by atoms with van der Waals surface area (Å²) in [6, 6.07) is 22.5. The number of imide groups is 1. The number of nitrogen functional groups attached to an aromatic ring is 1. The maximum Gasteiger partial charge on any atom is 0.255 e. The van der Waals surface area contributed by atoms with Gasteiger partial charge in [-0.15, -0.1) is 0 Å². The molecule has 2 saturated heterocycles. The summed E-state index contributed by atoms with van der Waals surface area (Å²) in [4.78, 5) is 49.7. The number of hydrogen-bond donors (Lipinski definition) is 2. The summed E-state index contributed by atoms with van der Waals surface area (Å²) in [5, 5.41) is 8.19. The maximum atomic E-state index is 12.9. The van der Waals surface area contributed by atoms with E-state index in [4.69, 9.17) is 25.0 Å². The fourth-order valence-electron chi connectivity index (χ4n) is 7.82. The predicted octanol–water partition coefficient (Wildman–Crippen LogP) is 5.53. The lowest BCUT2D eigenvalue weighted by molar-refractivity contribution is -0.136. The zero-order valence-electron chi connectivity index (χ0n) is 31.3. The number of para-hydroxylation sites is 1. The quantitative estimate of drug-likeness (QED) is 0.102. The van der Waals surface area contributed by atoms with E-state index in [0.29, 0.717) is 49.9 Å². The van der Waals surface area contributed by atoms with E-state index < -0.39 is 11.9 Å². The second-order valence-electron chi connectivity index (χ2n) is 14.5. The van der Waals surface area contributed by atoms with Gasteiger partial charge in [-0.2, -0.15) is 5.10 Å². The number of likely N-dealkylation sites (tertiary alicyclic amines) is 1. The van der Waals surface area contributed by atoms with Crippen LogP contribution >= 0.6 is 0 Å². The molecule has 2 aromatic heterocycles. The number of aromatic nitrogens is 4. The zero-order valence-corrected chi connectivity index (χ0v) is 31.3. The third-order valence-corrected chi connectivity index (χ3v) is 10.8. The first-order valence-corrected chi connectivity index (χ1v) is 19.4. The number of nitrogens with zero attached hydrogens (tertiary/aromatic N) is 6. The van der Waals surface area contributed by atoms with Gasteiger partial charge in [0.2, 0.25) is 11.8 Å². The number of nitrogens with one attached hydrogen (secondary N) is 1. The number of fused-ring (bicyclic) bond motifs is 2. The van der Waals surface area contributed by atoms with Gasteiger partial charge in [0, 0.05) is 43.8 Å². The van der Waals surface area contributed by atoms with Crippen LogP contribution in [-0.2, 0) is 20.9 Å². The topological polar surface area (TPSA) is 167 Å². The van der Waals surface area contributed by atoms with Crippen molar-refractivity contribution in [1.29, 1.82) is 0 Å². The molecule has 2 fully saturated rings. The fraction of sp³-hybridized carbons (Fsp3) is 0.381. The Bertz CT molecular complexity index is 2190. The molecule has 56 heavy (non-hydrogen) atoms. The average Bonchev–Trinajstić information content (AvgIpc) is 3.76. The second kappa shape index (κ2) is 16.9. The number of piperidine rings is 2. The van der Waals surface area contributed by atoms with E-state index in [1.54, 1.807) is 12.1 Å². The molecule has 0 spiro atoms. The molecule has 14 nitrogen and oxygen atoms in total. The van der Waals surface area contributed by atoms with Gasteiger partial charge >= 0.3 is 0 Å². The van der Waals surface area contributed by atoms with Crippen molar-refractivity contribution in [3.63, 3.8) is 0 Å². The number of carbonyl (C=O) groups excluding carboxylic acids is 3. The first-order chi connectivity index (χ1) is 27.4. The van der Waals surface area contributed by atoms with E-state index in [1.807, 2.05) is 60.7 Å². The number of benzene rings is 3. The molecule has 0 bridgehead atoms. The van der Waals surface area contributed by atoms with Gasteiger partial charge in [0.05, 0.1) is 18.0 Å². The molecule has 0 radical (unpaired) electrons. The summed E-state index contributed by atoms with van der Waals surface area (Å²) in [5.41, 5.74) is 10.3. The normalized spacial score (nSPS) is 17.7. The van der Waals surface area contributed by atoms with Gasteiger partial charge in [0.1, 0.15) is 47.7 Å². The molecule has 5 heterocycles. The molecule has 290 valence electrons. The molecule has 3 aromatic carbocycles. The van der Waals surface area contributed by atoms with Gasteiger partial charge in [-0.05, 0) is 105 Å². The third-order valence-electron chi connectivity index (χ3n) is 10.8. The minimum absolute atomic E-state index is 0.193. The Kier molecular flexibility index (Phi) is 11.2. The van der Waals surface area contributed by atoms with E-state index in [9.17, 15) is 14.4 Å². The van der Waals surface area contributed by atoms with Gasteiger partial charge in [-0.1, -0.05) is 18.2 Å². The first kappa shape index (κ1) is 37.1. The Labute approximate surface area is 324 Å². The van der Waals surface area contributed by atoms with Crippen molar-refractivity contribution in [3.8, 4) is 28.5 Å². The molecule has 3 amide bonds. The van der Waals surface area contributed by atoms with E-state index in [2.05, 4.69) is 24.9 Å². The standard InChI is InChI=1S/C42H46N8O6/c43-39-37-38(28-9-11-32(12-10-28)56-31-7-3-1-4-8-31)47-50(40(37)45-27-44-39)30-17-20-48(21-18-30)19-5-2-6-22-54-23-24-55-33-13-14-34-29(25-33)26-49(42(34)53)35-15-16-36(51)46-41(35)52/h1,3-4,7-14,25,27,30,35H,2,5-6,15-24,26H2,(H2,43,44,45)(H,46,51,52). The predicted molar refractivity (Wildman–Crippen MR) is 209 cm³/mol. The van der Waals surface area contributed by atoms with Gasteiger partial charge < -0.3 is 29.7 Å². The smallest absolute Gasteiger partial charge is 0.255 e. The summed E-state index contributed by atoms with van der Waals surface area (Å²) < 4.78 is 19.8. The Hall–Kier alpha value is -5.86. The second-order valence-corrected chi connectivity index (χ2v) is 14.5. The van der Waals surface area contributed by atoms with E-state index >= 15 is 0 Å². The van der Waals surface area contributed by atoms with Crippen LogP contribution in [0.25, 0.3) is 22.3 Å². The fourth-order valence-corrected chi connectivity index (χ4v) is 7.82. The third kappa shape index (κ3) is 8.21. The van der Waals surface area contributed by atoms with Crippen LogP contribution in [0.4, 0.5) is 5.82 Å². The van der Waals surface area contributed by atoms with Gasteiger partial charge in [-0.25, -0.2) is 14.6 Å². The summed E-state index contributed by atoms with van der Waals surface area (Å²) in [6.07, 6.45) is 7.22. The van der Waals surface area contributed by atoms with Crippen LogP contribution in [0.3, 0.4) is 0 Å². The van der Waals surface area contributed by atoms with E-state index in [-0.39, 0.29) is 24.3 Å². The summed E-state index contributed by atoms with van der Waals surface area (Å²) in [6.45, 7) is 4.91. The molecule has 5 aromatic rings. The first-order valence-electron chi connectivity index (χ1n) is 19.4. The lowest BCUT2D eigenvalue weighted by Crippen LogP contribution is -2.52. The van der Waals surface area contributed by atoms with Crippen LogP contribution in [0.15, 0.2) is 79.1 Å². The minimum Gasteiger partial charge on any atom is -0.491 e. The van der Waals surface area contributed by atoms with E-state index in [1.165, 1.54) is 11.2 Å². The number of rotatable bonds is 15. The molecule has 3 N–H and O–H groups in total. The highest BCUT2D eigenvalue weighted by atomic mass is 16.5. The Morgan fingerprint density at radius 1 is 0.821 bits per heavy atom. The van der Waals surface area contributed by atoms with Crippen LogP contribution in [0.2, 0.25) is 0 Å². The monoisotopic (exact) mass is 758 g/mol. The van der Waals surface area contributed by atoms with Crippen molar-refractivity contribution in [2.24, 2.45) is 0 Å². The summed E-state index contributed by atoms with van der Waals surface area (Å²) in [7, 11) is 0. The molecular formula is C42H46N8O6. The van der Waals surface area contributed by atoms with Crippen molar-refractivity contribution in [3.05, 3.63) is 90.3 Å².